The molecule has 49 heavy (non-hydrogen) atoms. The van der Waals surface area contributed by atoms with Crippen LogP contribution >= 0.6 is 0 Å². The molecule has 0 aliphatic carbocycles. The molecule has 0 fully saturated rings. The van der Waals surface area contributed by atoms with Crippen LogP contribution in [0.1, 0.15) is 0 Å². The molecular formula is C48H26O. The van der Waals surface area contributed by atoms with Gasteiger partial charge in [0.05, 0.1) is 0 Å². The van der Waals surface area contributed by atoms with E-state index in [1.54, 1.807) is 0 Å². The summed E-state index contributed by atoms with van der Waals surface area (Å²) < 4.78 is 6.82. The van der Waals surface area contributed by atoms with Crippen LogP contribution in [0.15, 0.2) is 162 Å². The number of hydrogen-bond donors (Lipinski definition) is 0. The van der Waals surface area contributed by atoms with Crippen molar-refractivity contribution in [1.29, 1.82) is 0 Å². The molecule has 1 nitrogen and oxygen atoms in total. The van der Waals surface area contributed by atoms with Crippen LogP contribution in [0.2, 0.25) is 0 Å². The van der Waals surface area contributed by atoms with Gasteiger partial charge in [-0.15, -0.1) is 0 Å². The van der Waals surface area contributed by atoms with Gasteiger partial charge in [0.15, 0.2) is 0 Å². The van der Waals surface area contributed by atoms with Crippen molar-refractivity contribution in [2.24, 2.45) is 0 Å². The number of fused-ring (bicyclic) bond motifs is 5. The molecule has 0 aliphatic heterocycles. The third-order valence-corrected chi connectivity index (χ3v) is 11.1. The highest BCUT2D eigenvalue weighted by atomic mass is 16.3. The van der Waals surface area contributed by atoms with E-state index >= 15 is 0 Å². The van der Waals surface area contributed by atoms with Crippen LogP contribution in [0.3, 0.4) is 0 Å². The summed E-state index contributed by atoms with van der Waals surface area (Å²) in [5.41, 5.74) is 6.74. The summed E-state index contributed by atoms with van der Waals surface area (Å²) in [6.07, 6.45) is 0. The fourth-order valence-electron chi connectivity index (χ4n) is 8.95. The lowest BCUT2D eigenvalue weighted by Gasteiger charge is -2.16. The van der Waals surface area contributed by atoms with Crippen molar-refractivity contribution in [2.45, 2.75) is 0 Å². The van der Waals surface area contributed by atoms with Gasteiger partial charge < -0.3 is 4.42 Å². The van der Waals surface area contributed by atoms with Crippen LogP contribution in [0.4, 0.5) is 0 Å². The van der Waals surface area contributed by atoms with Crippen molar-refractivity contribution >= 4 is 97.3 Å². The Morgan fingerprint density at radius 3 is 1.49 bits per heavy atom. The zero-order chi connectivity index (χ0) is 31.8. The average molecular weight is 619 g/mol. The molecule has 0 N–H and O–H groups in total. The van der Waals surface area contributed by atoms with Crippen molar-refractivity contribution in [2.75, 3.05) is 0 Å². The topological polar surface area (TPSA) is 13.1 Å². The fraction of sp³-hybridized carbons (Fsp3) is 0. The quantitative estimate of drug-likeness (QED) is 0.176. The number of hydrogen-bond acceptors (Lipinski definition) is 1. The Labute approximate surface area is 280 Å². The second kappa shape index (κ2) is 9.13. The molecule has 0 radical (unpaired) electrons. The number of benzene rings is 11. The summed E-state index contributed by atoms with van der Waals surface area (Å²) in [4.78, 5) is 0. The number of rotatable bonds is 2. The monoisotopic (exact) mass is 618 g/mol. The first-order valence-corrected chi connectivity index (χ1v) is 17.0. The van der Waals surface area contributed by atoms with Gasteiger partial charge in [-0.25, -0.2) is 0 Å². The van der Waals surface area contributed by atoms with Crippen molar-refractivity contribution in [3.63, 3.8) is 0 Å². The maximum Gasteiger partial charge on any atom is 0.143 e. The normalized spacial score (nSPS) is 12.5. The summed E-state index contributed by atoms with van der Waals surface area (Å²) in [5, 5.41) is 20.2. The lowest BCUT2D eigenvalue weighted by atomic mass is 9.87. The van der Waals surface area contributed by atoms with Crippen LogP contribution < -0.4 is 0 Å². The maximum absolute atomic E-state index is 6.82. The fourth-order valence-corrected chi connectivity index (χ4v) is 8.95. The van der Waals surface area contributed by atoms with Crippen LogP contribution in [-0.4, -0.2) is 0 Å². The number of furan rings is 1. The summed E-state index contributed by atoms with van der Waals surface area (Å²) >= 11 is 0. The van der Waals surface area contributed by atoms with E-state index in [4.69, 9.17) is 4.42 Å². The van der Waals surface area contributed by atoms with Gasteiger partial charge in [-0.3, -0.25) is 0 Å². The van der Waals surface area contributed by atoms with Crippen molar-refractivity contribution in [3.05, 3.63) is 158 Å². The third-order valence-electron chi connectivity index (χ3n) is 11.1. The van der Waals surface area contributed by atoms with E-state index in [1.165, 1.54) is 97.7 Å². The van der Waals surface area contributed by atoms with E-state index < -0.39 is 0 Å². The molecule has 224 valence electrons. The lowest BCUT2D eigenvalue weighted by molar-refractivity contribution is 0.673. The SMILES string of the molecule is c1cc2ccc3ccc(-c4ccc5cc(-c6ccc7ccc8cccc9ccc6c7c89)c6c7ccccc7oc6c5c4)c4ccc(c1)c2c34. The molecule has 1 heterocycles. The van der Waals surface area contributed by atoms with Gasteiger partial charge in [-0.05, 0) is 110 Å². The zero-order valence-electron chi connectivity index (χ0n) is 26.4. The molecule has 12 aromatic rings. The van der Waals surface area contributed by atoms with E-state index in [0.717, 1.165) is 21.9 Å². The smallest absolute Gasteiger partial charge is 0.143 e. The largest absolute Gasteiger partial charge is 0.455 e. The first-order chi connectivity index (χ1) is 24.3. The highest BCUT2D eigenvalue weighted by Gasteiger charge is 2.20. The van der Waals surface area contributed by atoms with E-state index in [2.05, 4.69) is 158 Å². The zero-order valence-corrected chi connectivity index (χ0v) is 26.4. The first-order valence-electron chi connectivity index (χ1n) is 17.0. The molecule has 0 bridgehead atoms. The minimum Gasteiger partial charge on any atom is -0.455 e. The van der Waals surface area contributed by atoms with Gasteiger partial charge in [-0.1, -0.05) is 140 Å². The average Bonchev–Trinajstić information content (AvgIpc) is 3.56. The molecular weight excluding hydrogens is 593 g/mol. The Kier molecular flexibility index (Phi) is 4.77. The van der Waals surface area contributed by atoms with E-state index in [9.17, 15) is 0 Å². The summed E-state index contributed by atoms with van der Waals surface area (Å²) in [5.74, 6) is 0. The third kappa shape index (κ3) is 3.34. The summed E-state index contributed by atoms with van der Waals surface area (Å²) in [7, 11) is 0. The van der Waals surface area contributed by atoms with Crippen LogP contribution in [0.25, 0.3) is 120 Å². The highest BCUT2D eigenvalue weighted by Crippen LogP contribution is 2.47. The molecule has 0 atom stereocenters. The van der Waals surface area contributed by atoms with Crippen LogP contribution in [-0.2, 0) is 0 Å². The molecule has 1 aromatic heterocycles. The molecule has 0 unspecified atom stereocenters. The van der Waals surface area contributed by atoms with Gasteiger partial charge in [0, 0.05) is 16.2 Å². The number of para-hydroxylation sites is 1. The second-order valence-corrected chi connectivity index (χ2v) is 13.6. The molecule has 0 saturated heterocycles. The van der Waals surface area contributed by atoms with Gasteiger partial charge in [0.1, 0.15) is 11.2 Å². The standard InChI is InChI=1S/C48H26O/c1-2-10-42-39(9-1)47-41(36-22-18-32-14-12-28-6-4-8-30-20-24-38(36)46(32)44(28)30)26-34-16-15-33(25-40(34)48(47)49-42)35-21-17-31-13-11-27-5-3-7-29-19-23-37(35)45(31)43(27)29/h1-26H. The van der Waals surface area contributed by atoms with Gasteiger partial charge >= 0.3 is 0 Å². The Morgan fingerprint density at radius 2 is 0.816 bits per heavy atom. The minimum atomic E-state index is 0.914. The van der Waals surface area contributed by atoms with Gasteiger partial charge in [-0.2, -0.15) is 0 Å². The molecule has 0 saturated carbocycles. The Morgan fingerprint density at radius 1 is 0.286 bits per heavy atom. The predicted octanol–water partition coefficient (Wildman–Crippen LogP) is 13.9. The van der Waals surface area contributed by atoms with Crippen molar-refractivity contribution < 1.29 is 4.42 Å². The molecule has 0 aliphatic rings. The van der Waals surface area contributed by atoms with E-state index in [0.29, 0.717) is 0 Å². The first kappa shape index (κ1) is 25.6. The summed E-state index contributed by atoms with van der Waals surface area (Å²) in [6.45, 7) is 0. The van der Waals surface area contributed by atoms with Gasteiger partial charge in [0.2, 0.25) is 0 Å². The maximum atomic E-state index is 6.82. The molecule has 0 amide bonds. The highest BCUT2D eigenvalue weighted by molar-refractivity contribution is 6.29. The molecule has 0 spiro atoms. The second-order valence-electron chi connectivity index (χ2n) is 13.6. The van der Waals surface area contributed by atoms with Gasteiger partial charge in [0.25, 0.3) is 0 Å². The molecule has 11 aromatic carbocycles. The van der Waals surface area contributed by atoms with E-state index in [-0.39, 0.29) is 0 Å². The predicted molar refractivity (Wildman–Crippen MR) is 210 cm³/mol. The van der Waals surface area contributed by atoms with Crippen LogP contribution in [0, 0.1) is 0 Å². The van der Waals surface area contributed by atoms with Crippen LogP contribution in [0.5, 0.6) is 0 Å². The van der Waals surface area contributed by atoms with Crippen molar-refractivity contribution in [1.82, 2.24) is 0 Å². The molecule has 12 rings (SSSR count). The summed E-state index contributed by atoms with van der Waals surface area (Å²) in [6, 6.07) is 58.4. The minimum absolute atomic E-state index is 0.914. The van der Waals surface area contributed by atoms with E-state index in [1.807, 2.05) is 0 Å². The Bertz CT molecular complexity index is 3290. The Hall–Kier alpha value is -6.44. The molecule has 1 heteroatoms. The van der Waals surface area contributed by atoms with Crippen molar-refractivity contribution in [3.8, 4) is 22.3 Å². The lowest BCUT2D eigenvalue weighted by Crippen LogP contribution is -1.89. The Balaban J connectivity index is 1.16.